The molecule has 0 spiro atoms. The molecule has 160 valence electrons. The van der Waals surface area contributed by atoms with Crippen molar-refractivity contribution in [1.29, 1.82) is 0 Å². The van der Waals surface area contributed by atoms with Crippen molar-refractivity contribution in [2.45, 2.75) is 26.2 Å². The van der Waals surface area contributed by atoms with Crippen LogP contribution in [0.3, 0.4) is 0 Å². The molecule has 0 radical (unpaired) electrons. The summed E-state index contributed by atoms with van der Waals surface area (Å²) in [5.41, 5.74) is 2.82. The largest absolute Gasteiger partial charge is 0.353 e. The lowest BCUT2D eigenvalue weighted by Gasteiger charge is -2.32. The topological polar surface area (TPSA) is 84.2 Å². The predicted octanol–water partition coefficient (Wildman–Crippen LogP) is 5.55. The number of nitro groups is 1. The lowest BCUT2D eigenvalue weighted by atomic mass is 9.90. The summed E-state index contributed by atoms with van der Waals surface area (Å²) in [6, 6.07) is 15.8. The van der Waals surface area contributed by atoms with Gasteiger partial charge in [0.15, 0.2) is 0 Å². The molecule has 0 amide bonds. The molecule has 1 aromatic heterocycles. The lowest BCUT2D eigenvalue weighted by Crippen LogP contribution is -2.35. The highest BCUT2D eigenvalue weighted by atomic mass is 35.5. The zero-order valence-electron chi connectivity index (χ0n) is 17.3. The van der Waals surface area contributed by atoms with Crippen LogP contribution in [0.25, 0.3) is 0 Å². The second-order valence-electron chi connectivity index (χ2n) is 7.86. The number of rotatable bonds is 6. The number of hydrogen-bond acceptors (Lipinski definition) is 6. The summed E-state index contributed by atoms with van der Waals surface area (Å²) in [6.45, 7) is 3.36. The Labute approximate surface area is 186 Å². The van der Waals surface area contributed by atoms with Crippen molar-refractivity contribution < 1.29 is 4.92 Å². The minimum atomic E-state index is -0.409. The van der Waals surface area contributed by atoms with Gasteiger partial charge in [-0.15, -0.1) is 0 Å². The third kappa shape index (κ3) is 4.94. The Morgan fingerprint density at radius 3 is 2.61 bits per heavy atom. The number of nitrogens with zero attached hydrogens (tertiary/aromatic N) is 4. The van der Waals surface area contributed by atoms with Gasteiger partial charge in [0.1, 0.15) is 6.33 Å². The quantitative estimate of drug-likeness (QED) is 0.402. The second kappa shape index (κ2) is 9.31. The molecule has 0 unspecified atom stereocenters. The summed E-state index contributed by atoms with van der Waals surface area (Å²) in [7, 11) is 0. The number of aromatic nitrogens is 2. The SMILES string of the molecule is Cc1ccc(Cl)cc1Nc1ncnc(N2CCC(Cc3ccccc3)CC2)c1[N+](=O)[O-]. The van der Waals surface area contributed by atoms with Crippen LogP contribution in [0, 0.1) is 23.0 Å². The van der Waals surface area contributed by atoms with Gasteiger partial charge in [-0.2, -0.15) is 0 Å². The van der Waals surface area contributed by atoms with E-state index in [-0.39, 0.29) is 11.5 Å². The molecule has 2 heterocycles. The van der Waals surface area contributed by atoms with Crippen LogP contribution in [-0.4, -0.2) is 28.0 Å². The molecule has 1 aliphatic rings. The predicted molar refractivity (Wildman–Crippen MR) is 123 cm³/mol. The van der Waals surface area contributed by atoms with Gasteiger partial charge in [0.2, 0.25) is 11.6 Å². The van der Waals surface area contributed by atoms with Gasteiger partial charge < -0.3 is 10.2 Å². The van der Waals surface area contributed by atoms with Gasteiger partial charge in [0.25, 0.3) is 0 Å². The average Bonchev–Trinajstić information content (AvgIpc) is 2.77. The Hall–Kier alpha value is -3.19. The van der Waals surface area contributed by atoms with Gasteiger partial charge >= 0.3 is 5.69 Å². The third-order valence-electron chi connectivity index (χ3n) is 5.72. The molecule has 1 saturated heterocycles. The summed E-state index contributed by atoms with van der Waals surface area (Å²) in [4.78, 5) is 22.0. The molecule has 1 fully saturated rings. The molecular formula is C23H24ClN5O2. The Morgan fingerprint density at radius 2 is 1.90 bits per heavy atom. The number of nitrogens with one attached hydrogen (secondary N) is 1. The maximum Gasteiger partial charge on any atom is 0.353 e. The van der Waals surface area contributed by atoms with E-state index in [9.17, 15) is 10.1 Å². The van der Waals surface area contributed by atoms with Gasteiger partial charge in [0.05, 0.1) is 4.92 Å². The van der Waals surface area contributed by atoms with Crippen molar-refractivity contribution in [3.05, 3.63) is 81.1 Å². The smallest absolute Gasteiger partial charge is 0.351 e. The fourth-order valence-electron chi connectivity index (χ4n) is 4.01. The van der Waals surface area contributed by atoms with E-state index in [1.807, 2.05) is 24.0 Å². The van der Waals surface area contributed by atoms with E-state index in [0.717, 1.165) is 37.9 Å². The summed E-state index contributed by atoms with van der Waals surface area (Å²) >= 11 is 6.10. The van der Waals surface area contributed by atoms with E-state index >= 15 is 0 Å². The van der Waals surface area contributed by atoms with Crippen molar-refractivity contribution in [3.63, 3.8) is 0 Å². The summed E-state index contributed by atoms with van der Waals surface area (Å²) < 4.78 is 0. The first kappa shape index (κ1) is 21.1. The van der Waals surface area contributed by atoms with Crippen LogP contribution in [-0.2, 0) is 6.42 Å². The maximum atomic E-state index is 12.0. The van der Waals surface area contributed by atoms with Crippen molar-refractivity contribution in [2.24, 2.45) is 5.92 Å². The molecule has 1 aliphatic heterocycles. The highest BCUT2D eigenvalue weighted by molar-refractivity contribution is 6.30. The normalized spacial score (nSPS) is 14.5. The molecule has 2 aromatic carbocycles. The first-order valence-corrected chi connectivity index (χ1v) is 10.7. The highest BCUT2D eigenvalue weighted by Gasteiger charge is 2.30. The third-order valence-corrected chi connectivity index (χ3v) is 5.95. The molecule has 0 saturated carbocycles. The van der Waals surface area contributed by atoms with E-state index in [2.05, 4.69) is 39.6 Å². The number of hydrogen-bond donors (Lipinski definition) is 1. The fraction of sp³-hybridized carbons (Fsp3) is 0.304. The van der Waals surface area contributed by atoms with Gasteiger partial charge in [-0.25, -0.2) is 9.97 Å². The van der Waals surface area contributed by atoms with Crippen molar-refractivity contribution in [1.82, 2.24) is 9.97 Å². The Bertz CT molecular complexity index is 1070. The lowest BCUT2D eigenvalue weighted by molar-refractivity contribution is -0.383. The zero-order valence-corrected chi connectivity index (χ0v) is 18.0. The van der Waals surface area contributed by atoms with Gasteiger partial charge in [-0.3, -0.25) is 10.1 Å². The highest BCUT2D eigenvalue weighted by Crippen LogP contribution is 2.36. The Balaban J connectivity index is 1.53. The number of piperidine rings is 1. The van der Waals surface area contributed by atoms with Crippen LogP contribution in [0.2, 0.25) is 5.02 Å². The fourth-order valence-corrected chi connectivity index (χ4v) is 4.19. The van der Waals surface area contributed by atoms with Gasteiger partial charge in [0, 0.05) is 23.8 Å². The van der Waals surface area contributed by atoms with Crippen LogP contribution < -0.4 is 10.2 Å². The number of aryl methyl sites for hydroxylation is 1. The van der Waals surface area contributed by atoms with Crippen LogP contribution in [0.5, 0.6) is 0 Å². The molecule has 7 nitrogen and oxygen atoms in total. The van der Waals surface area contributed by atoms with Crippen LogP contribution in [0.4, 0.5) is 23.0 Å². The molecule has 0 atom stereocenters. The first-order valence-electron chi connectivity index (χ1n) is 10.3. The van der Waals surface area contributed by atoms with Crippen molar-refractivity contribution in [3.8, 4) is 0 Å². The summed E-state index contributed by atoms with van der Waals surface area (Å²) in [5, 5.41) is 15.6. The Morgan fingerprint density at radius 1 is 1.16 bits per heavy atom. The summed E-state index contributed by atoms with van der Waals surface area (Å²) in [6.07, 6.45) is 4.33. The van der Waals surface area contributed by atoms with E-state index < -0.39 is 4.92 Å². The second-order valence-corrected chi connectivity index (χ2v) is 8.29. The molecule has 31 heavy (non-hydrogen) atoms. The monoisotopic (exact) mass is 437 g/mol. The molecule has 4 rings (SSSR count). The van der Waals surface area contributed by atoms with E-state index in [1.165, 1.54) is 11.9 Å². The maximum absolute atomic E-state index is 12.0. The number of anilines is 3. The van der Waals surface area contributed by atoms with Gasteiger partial charge in [-0.1, -0.05) is 48.0 Å². The molecule has 8 heteroatoms. The summed E-state index contributed by atoms with van der Waals surface area (Å²) in [5.74, 6) is 1.10. The standard InChI is InChI=1S/C23H24ClN5O2/c1-16-7-8-19(24)14-20(16)27-22-21(29(30)31)23(26-15-25-22)28-11-9-18(10-12-28)13-17-5-3-2-4-6-17/h2-8,14-15,18H,9-13H2,1H3,(H,25,26,27). The molecular weight excluding hydrogens is 414 g/mol. The van der Waals surface area contributed by atoms with E-state index in [1.54, 1.807) is 12.1 Å². The van der Waals surface area contributed by atoms with Crippen molar-refractivity contribution >= 4 is 34.6 Å². The van der Waals surface area contributed by atoms with Crippen LogP contribution >= 0.6 is 11.6 Å². The van der Waals surface area contributed by atoms with Crippen LogP contribution in [0.1, 0.15) is 24.0 Å². The number of halogens is 1. The van der Waals surface area contributed by atoms with Crippen molar-refractivity contribution in [2.75, 3.05) is 23.3 Å². The average molecular weight is 438 g/mol. The first-order chi connectivity index (χ1) is 15.0. The molecule has 3 aromatic rings. The molecule has 0 aliphatic carbocycles. The number of benzene rings is 2. The molecule has 1 N–H and O–H groups in total. The minimum absolute atomic E-state index is 0.108. The Kier molecular flexibility index (Phi) is 6.32. The molecule has 0 bridgehead atoms. The zero-order chi connectivity index (χ0) is 21.8. The minimum Gasteiger partial charge on any atom is -0.351 e. The van der Waals surface area contributed by atoms with Gasteiger partial charge in [-0.05, 0) is 55.4 Å². The van der Waals surface area contributed by atoms with E-state index in [0.29, 0.717) is 22.4 Å². The van der Waals surface area contributed by atoms with E-state index in [4.69, 9.17) is 11.6 Å². The van der Waals surface area contributed by atoms with Crippen LogP contribution in [0.15, 0.2) is 54.9 Å².